The van der Waals surface area contributed by atoms with E-state index in [0.717, 1.165) is 5.56 Å². The monoisotopic (exact) mass is 455 g/mol. The van der Waals surface area contributed by atoms with Crippen molar-refractivity contribution in [3.8, 4) is 0 Å². The van der Waals surface area contributed by atoms with Gasteiger partial charge >= 0.3 is 0 Å². The highest BCUT2D eigenvalue weighted by molar-refractivity contribution is 8.15. The molecule has 1 saturated heterocycles. The number of amidine groups is 1. The Hall–Kier alpha value is -2.90. The van der Waals surface area contributed by atoms with E-state index in [-0.39, 0.29) is 24.0 Å². The Morgan fingerprint density at radius 3 is 2.58 bits per heavy atom. The van der Waals surface area contributed by atoms with Crippen molar-refractivity contribution in [3.63, 3.8) is 0 Å². The zero-order chi connectivity index (χ0) is 22.5. The van der Waals surface area contributed by atoms with Gasteiger partial charge in [-0.3, -0.25) is 19.3 Å². The van der Waals surface area contributed by atoms with Gasteiger partial charge in [-0.15, -0.1) is 6.58 Å². The third-order valence-electron chi connectivity index (χ3n) is 4.66. The fourth-order valence-corrected chi connectivity index (χ4v) is 4.30. The first-order valence-electron chi connectivity index (χ1n) is 9.63. The first-order chi connectivity index (χ1) is 14.8. The zero-order valence-corrected chi connectivity index (χ0v) is 18.8. The number of carbonyl (C=O) groups is 3. The van der Waals surface area contributed by atoms with E-state index in [1.807, 2.05) is 13.0 Å². The standard InChI is InChI=1S/C23H22ClN3O3S/c1-4-11-27-22(30)20(13-21(29)25-18-8-5-14(2)19(24)12-18)31-23(27)26-17-9-6-16(7-10-17)15(3)28/h4-10,12,20H,1,11,13H2,2-3H3,(H,25,29). The quantitative estimate of drug-likeness (QED) is 0.470. The van der Waals surface area contributed by atoms with E-state index in [1.54, 1.807) is 42.5 Å². The summed E-state index contributed by atoms with van der Waals surface area (Å²) in [6.45, 7) is 7.37. The van der Waals surface area contributed by atoms with Gasteiger partial charge in [-0.05, 0) is 55.8 Å². The predicted molar refractivity (Wildman–Crippen MR) is 126 cm³/mol. The summed E-state index contributed by atoms with van der Waals surface area (Å²) in [7, 11) is 0. The van der Waals surface area contributed by atoms with Crippen LogP contribution >= 0.6 is 23.4 Å². The Labute approximate surface area is 190 Å². The number of anilines is 1. The lowest BCUT2D eigenvalue weighted by Crippen LogP contribution is -2.33. The van der Waals surface area contributed by atoms with Crippen LogP contribution in [0, 0.1) is 6.92 Å². The summed E-state index contributed by atoms with van der Waals surface area (Å²) in [6.07, 6.45) is 1.62. The molecule has 31 heavy (non-hydrogen) atoms. The fourth-order valence-electron chi connectivity index (χ4n) is 2.95. The minimum atomic E-state index is -0.587. The molecule has 1 aliphatic heterocycles. The van der Waals surface area contributed by atoms with Crippen molar-refractivity contribution in [3.05, 3.63) is 71.3 Å². The third kappa shape index (κ3) is 5.62. The Bertz CT molecular complexity index is 1070. The van der Waals surface area contributed by atoms with E-state index in [0.29, 0.717) is 33.7 Å². The van der Waals surface area contributed by atoms with Crippen molar-refractivity contribution in [2.45, 2.75) is 25.5 Å². The second-order valence-corrected chi connectivity index (χ2v) is 8.63. The lowest BCUT2D eigenvalue weighted by molar-refractivity contribution is -0.127. The van der Waals surface area contributed by atoms with Gasteiger partial charge in [0.05, 0.1) is 5.69 Å². The highest BCUT2D eigenvalue weighted by atomic mass is 35.5. The van der Waals surface area contributed by atoms with Gasteiger partial charge in [-0.25, -0.2) is 4.99 Å². The number of benzene rings is 2. The molecule has 0 bridgehead atoms. The lowest BCUT2D eigenvalue weighted by Gasteiger charge is -2.14. The number of amides is 2. The first-order valence-corrected chi connectivity index (χ1v) is 10.9. The molecule has 2 aromatic carbocycles. The van der Waals surface area contributed by atoms with Gasteiger partial charge in [0, 0.05) is 29.2 Å². The second-order valence-electron chi connectivity index (χ2n) is 7.06. The smallest absolute Gasteiger partial charge is 0.242 e. The number of aliphatic imine (C=N–C) groups is 1. The summed E-state index contributed by atoms with van der Waals surface area (Å²) in [5.74, 6) is -0.503. The Morgan fingerprint density at radius 1 is 1.26 bits per heavy atom. The number of Topliss-reactive ketones (excluding diaryl/α,β-unsaturated/α-hetero) is 1. The highest BCUT2D eigenvalue weighted by Crippen LogP contribution is 2.32. The Balaban J connectivity index is 1.73. The molecule has 8 heteroatoms. The van der Waals surface area contributed by atoms with Crippen LogP contribution in [0.3, 0.4) is 0 Å². The number of rotatable bonds is 7. The van der Waals surface area contributed by atoms with Crippen LogP contribution in [0.4, 0.5) is 11.4 Å². The molecule has 160 valence electrons. The highest BCUT2D eigenvalue weighted by Gasteiger charge is 2.38. The van der Waals surface area contributed by atoms with Crippen molar-refractivity contribution in [1.29, 1.82) is 0 Å². The molecule has 1 fully saturated rings. The largest absolute Gasteiger partial charge is 0.326 e. The normalized spacial score (nSPS) is 17.1. The summed E-state index contributed by atoms with van der Waals surface area (Å²) in [6, 6.07) is 12.1. The van der Waals surface area contributed by atoms with Crippen LogP contribution in [0.25, 0.3) is 0 Å². The van der Waals surface area contributed by atoms with Crippen molar-refractivity contribution in [2.75, 3.05) is 11.9 Å². The number of thioether (sulfide) groups is 1. The average Bonchev–Trinajstić information content (AvgIpc) is 3.00. The molecule has 0 aliphatic carbocycles. The van der Waals surface area contributed by atoms with Gasteiger partial charge in [0.25, 0.3) is 0 Å². The zero-order valence-electron chi connectivity index (χ0n) is 17.2. The maximum absolute atomic E-state index is 12.9. The van der Waals surface area contributed by atoms with Gasteiger partial charge in [-0.1, -0.05) is 35.5 Å². The number of carbonyl (C=O) groups excluding carboxylic acids is 3. The number of hydrogen-bond acceptors (Lipinski definition) is 5. The predicted octanol–water partition coefficient (Wildman–Crippen LogP) is 5.00. The summed E-state index contributed by atoms with van der Waals surface area (Å²) >= 11 is 7.35. The first kappa shape index (κ1) is 22.8. The Morgan fingerprint density at radius 2 is 1.97 bits per heavy atom. The molecular formula is C23H22ClN3O3S. The molecule has 6 nitrogen and oxygen atoms in total. The van der Waals surface area contributed by atoms with Gasteiger partial charge in [0.2, 0.25) is 11.8 Å². The van der Waals surface area contributed by atoms with Crippen molar-refractivity contribution >= 4 is 57.5 Å². The van der Waals surface area contributed by atoms with Crippen LogP contribution in [0.1, 0.15) is 29.3 Å². The van der Waals surface area contributed by atoms with E-state index in [9.17, 15) is 14.4 Å². The maximum atomic E-state index is 12.9. The Kier molecular flexibility index (Phi) is 7.30. The van der Waals surface area contributed by atoms with Crippen LogP contribution in [-0.2, 0) is 9.59 Å². The second kappa shape index (κ2) is 9.94. The molecular weight excluding hydrogens is 434 g/mol. The molecule has 0 spiro atoms. The van der Waals surface area contributed by atoms with Crippen LogP contribution < -0.4 is 5.32 Å². The molecule has 0 radical (unpaired) electrons. The topological polar surface area (TPSA) is 78.8 Å². The molecule has 1 heterocycles. The van der Waals surface area contributed by atoms with Crippen molar-refractivity contribution in [2.24, 2.45) is 4.99 Å². The van der Waals surface area contributed by atoms with Gasteiger partial charge in [0.15, 0.2) is 11.0 Å². The number of nitrogens with one attached hydrogen (secondary N) is 1. The number of halogens is 1. The van der Waals surface area contributed by atoms with Gasteiger partial charge in [0.1, 0.15) is 5.25 Å². The minimum absolute atomic E-state index is 0.00489. The van der Waals surface area contributed by atoms with Crippen LogP contribution in [-0.4, -0.2) is 39.5 Å². The number of aryl methyl sites for hydroxylation is 1. The summed E-state index contributed by atoms with van der Waals surface area (Å²) in [5, 5.41) is 3.26. The van der Waals surface area contributed by atoms with E-state index < -0.39 is 5.25 Å². The van der Waals surface area contributed by atoms with Crippen LogP contribution in [0.15, 0.2) is 60.1 Å². The number of hydrogen-bond donors (Lipinski definition) is 1. The maximum Gasteiger partial charge on any atom is 0.242 e. The van der Waals surface area contributed by atoms with E-state index in [4.69, 9.17) is 11.6 Å². The van der Waals surface area contributed by atoms with Crippen LogP contribution in [0.5, 0.6) is 0 Å². The number of nitrogens with zero attached hydrogens (tertiary/aromatic N) is 2. The van der Waals surface area contributed by atoms with Crippen molar-refractivity contribution in [1.82, 2.24) is 4.90 Å². The molecule has 2 aromatic rings. The summed E-state index contributed by atoms with van der Waals surface area (Å²) in [5.41, 5.74) is 2.71. The fraction of sp³-hybridized carbons (Fsp3) is 0.217. The molecule has 1 aliphatic rings. The van der Waals surface area contributed by atoms with E-state index in [2.05, 4.69) is 16.9 Å². The van der Waals surface area contributed by atoms with E-state index in [1.165, 1.54) is 23.6 Å². The van der Waals surface area contributed by atoms with E-state index >= 15 is 0 Å². The number of ketones is 1. The summed E-state index contributed by atoms with van der Waals surface area (Å²) in [4.78, 5) is 42.9. The van der Waals surface area contributed by atoms with Gasteiger partial charge < -0.3 is 5.32 Å². The van der Waals surface area contributed by atoms with Crippen molar-refractivity contribution < 1.29 is 14.4 Å². The average molecular weight is 456 g/mol. The molecule has 1 N–H and O–H groups in total. The molecule has 2 amide bonds. The minimum Gasteiger partial charge on any atom is -0.326 e. The SMILES string of the molecule is C=CCN1C(=O)C(CC(=O)Nc2ccc(C)c(Cl)c2)SC1=Nc1ccc(C(C)=O)cc1. The lowest BCUT2D eigenvalue weighted by atomic mass is 10.1. The third-order valence-corrected chi connectivity index (χ3v) is 6.24. The molecule has 1 unspecified atom stereocenters. The van der Waals surface area contributed by atoms with Crippen LogP contribution in [0.2, 0.25) is 5.02 Å². The molecule has 3 rings (SSSR count). The molecule has 0 aromatic heterocycles. The molecule has 0 saturated carbocycles. The van der Waals surface area contributed by atoms with Gasteiger partial charge in [-0.2, -0.15) is 0 Å². The summed E-state index contributed by atoms with van der Waals surface area (Å²) < 4.78 is 0. The molecule has 1 atom stereocenters.